The van der Waals surface area contributed by atoms with Crippen molar-refractivity contribution in [1.82, 2.24) is 0 Å². The molecule has 0 spiro atoms. The molecule has 2 heteroatoms. The van der Waals surface area contributed by atoms with Crippen LogP contribution < -0.4 is 9.47 Å². The molecule has 28 heavy (non-hydrogen) atoms. The summed E-state index contributed by atoms with van der Waals surface area (Å²) in [5.41, 5.74) is 2.49. The van der Waals surface area contributed by atoms with Gasteiger partial charge in [-0.1, -0.05) is 74.9 Å². The van der Waals surface area contributed by atoms with Crippen LogP contribution in [0, 0.1) is 13.8 Å². The summed E-state index contributed by atoms with van der Waals surface area (Å²) in [6.07, 6.45) is 6.99. The van der Waals surface area contributed by atoms with E-state index < -0.39 is 0 Å². The molecule has 150 valence electrons. The highest BCUT2D eigenvalue weighted by molar-refractivity contribution is 6.11. The van der Waals surface area contributed by atoms with Gasteiger partial charge < -0.3 is 9.47 Å². The second kappa shape index (κ2) is 9.82. The van der Waals surface area contributed by atoms with E-state index in [9.17, 15) is 0 Å². The minimum atomic E-state index is 0.760. The maximum absolute atomic E-state index is 6.39. The Morgan fingerprint density at radius 2 is 1.00 bits per heavy atom. The number of benzene rings is 3. The molecule has 0 saturated carbocycles. The van der Waals surface area contributed by atoms with Crippen molar-refractivity contribution in [2.24, 2.45) is 0 Å². The predicted octanol–water partition coefficient (Wildman–Crippen LogP) is 7.75. The van der Waals surface area contributed by atoms with Gasteiger partial charge in [-0.2, -0.15) is 0 Å². The third kappa shape index (κ3) is 4.60. The standard InChI is InChI=1S/C26H34O2/c1-5-7-9-15-27-25-21-13-11-19(3)17-23(21)26(28-16-10-8-6-2)24-18-20(4)12-14-22(24)25/h11-14,17-18H,5-10,15-16H2,1-4H3. The zero-order valence-corrected chi connectivity index (χ0v) is 17.9. The average Bonchev–Trinajstić information content (AvgIpc) is 2.69. The van der Waals surface area contributed by atoms with Gasteiger partial charge >= 0.3 is 0 Å². The fourth-order valence-electron chi connectivity index (χ4n) is 3.74. The molecule has 0 aromatic heterocycles. The largest absolute Gasteiger partial charge is 0.492 e. The molecule has 3 aromatic rings. The summed E-state index contributed by atoms with van der Waals surface area (Å²) in [5, 5.41) is 4.65. The quantitative estimate of drug-likeness (QED) is 0.265. The molecule has 3 rings (SSSR count). The third-order valence-electron chi connectivity index (χ3n) is 5.32. The minimum Gasteiger partial charge on any atom is -0.492 e. The summed E-state index contributed by atoms with van der Waals surface area (Å²) < 4.78 is 12.7. The SMILES string of the molecule is CCCCCOc1c2ccc(C)cc2c(OCCCCC)c2cc(C)ccc12. The number of hydrogen-bond donors (Lipinski definition) is 0. The number of ether oxygens (including phenoxy) is 2. The van der Waals surface area contributed by atoms with Crippen molar-refractivity contribution < 1.29 is 9.47 Å². The molecule has 0 N–H and O–H groups in total. The Kier molecular flexibility index (Phi) is 7.19. The Hall–Kier alpha value is -2.22. The second-order valence-electron chi connectivity index (χ2n) is 7.87. The van der Waals surface area contributed by atoms with Crippen molar-refractivity contribution in [2.75, 3.05) is 13.2 Å². The lowest BCUT2D eigenvalue weighted by molar-refractivity contribution is 0.308. The van der Waals surface area contributed by atoms with E-state index in [-0.39, 0.29) is 0 Å². The van der Waals surface area contributed by atoms with Gasteiger partial charge in [-0.05, 0) is 38.8 Å². The van der Waals surface area contributed by atoms with E-state index in [0.717, 1.165) is 48.3 Å². The number of fused-ring (bicyclic) bond motifs is 2. The van der Waals surface area contributed by atoms with E-state index in [4.69, 9.17) is 9.47 Å². The van der Waals surface area contributed by atoms with E-state index in [1.54, 1.807) is 0 Å². The van der Waals surface area contributed by atoms with Crippen LogP contribution >= 0.6 is 0 Å². The van der Waals surface area contributed by atoms with Gasteiger partial charge in [-0.3, -0.25) is 0 Å². The van der Waals surface area contributed by atoms with Gasteiger partial charge in [-0.15, -0.1) is 0 Å². The van der Waals surface area contributed by atoms with Crippen LogP contribution in [0.25, 0.3) is 21.5 Å². The fraction of sp³-hybridized carbons (Fsp3) is 0.462. The molecular formula is C26H34O2. The van der Waals surface area contributed by atoms with Crippen molar-refractivity contribution in [1.29, 1.82) is 0 Å². The Morgan fingerprint density at radius 3 is 1.43 bits per heavy atom. The van der Waals surface area contributed by atoms with Crippen LogP contribution in [0.5, 0.6) is 11.5 Å². The first kappa shape index (κ1) is 20.5. The molecule has 0 atom stereocenters. The molecule has 0 heterocycles. The Morgan fingerprint density at radius 1 is 0.571 bits per heavy atom. The van der Waals surface area contributed by atoms with Crippen LogP contribution in [0.3, 0.4) is 0 Å². The van der Waals surface area contributed by atoms with Crippen LogP contribution in [0.1, 0.15) is 63.5 Å². The van der Waals surface area contributed by atoms with E-state index in [1.165, 1.54) is 47.6 Å². The Bertz CT molecular complexity index is 864. The molecule has 0 unspecified atom stereocenters. The van der Waals surface area contributed by atoms with E-state index >= 15 is 0 Å². The molecule has 3 aromatic carbocycles. The molecule has 0 saturated heterocycles. The fourth-order valence-corrected chi connectivity index (χ4v) is 3.74. The highest BCUT2D eigenvalue weighted by Crippen LogP contribution is 2.43. The van der Waals surface area contributed by atoms with Gasteiger partial charge in [0.1, 0.15) is 11.5 Å². The number of aryl methyl sites for hydroxylation is 2. The van der Waals surface area contributed by atoms with Crippen molar-refractivity contribution in [3.63, 3.8) is 0 Å². The number of hydrogen-bond acceptors (Lipinski definition) is 2. The van der Waals surface area contributed by atoms with E-state index in [2.05, 4.69) is 64.1 Å². The van der Waals surface area contributed by atoms with Gasteiger partial charge in [0.05, 0.1) is 13.2 Å². The summed E-state index contributed by atoms with van der Waals surface area (Å²) in [6, 6.07) is 13.2. The molecule has 0 aliphatic carbocycles. The first-order valence-electron chi connectivity index (χ1n) is 10.9. The normalized spacial score (nSPS) is 11.3. The summed E-state index contributed by atoms with van der Waals surface area (Å²) >= 11 is 0. The van der Waals surface area contributed by atoms with Crippen LogP contribution in [0.2, 0.25) is 0 Å². The molecular weight excluding hydrogens is 344 g/mol. The topological polar surface area (TPSA) is 18.5 Å². The van der Waals surface area contributed by atoms with Crippen molar-refractivity contribution in [3.05, 3.63) is 47.5 Å². The first-order chi connectivity index (χ1) is 13.7. The summed E-state index contributed by atoms with van der Waals surface area (Å²) in [6.45, 7) is 10.3. The van der Waals surface area contributed by atoms with Crippen molar-refractivity contribution in [3.8, 4) is 11.5 Å². The van der Waals surface area contributed by atoms with Gasteiger partial charge in [0.2, 0.25) is 0 Å². The lowest BCUT2D eigenvalue weighted by Crippen LogP contribution is -2.02. The molecule has 0 fully saturated rings. The summed E-state index contributed by atoms with van der Waals surface area (Å²) in [7, 11) is 0. The summed E-state index contributed by atoms with van der Waals surface area (Å²) in [5.74, 6) is 2.01. The smallest absolute Gasteiger partial charge is 0.135 e. The van der Waals surface area contributed by atoms with Crippen molar-refractivity contribution in [2.45, 2.75) is 66.2 Å². The second-order valence-corrected chi connectivity index (χ2v) is 7.87. The predicted molar refractivity (Wildman–Crippen MR) is 121 cm³/mol. The molecule has 0 amide bonds. The highest BCUT2D eigenvalue weighted by atomic mass is 16.5. The molecule has 0 bridgehead atoms. The molecule has 0 aliphatic rings. The highest BCUT2D eigenvalue weighted by Gasteiger charge is 2.16. The van der Waals surface area contributed by atoms with Crippen LogP contribution in [-0.2, 0) is 0 Å². The van der Waals surface area contributed by atoms with Crippen LogP contribution in [-0.4, -0.2) is 13.2 Å². The van der Waals surface area contributed by atoms with E-state index in [0.29, 0.717) is 0 Å². The Balaban J connectivity index is 2.13. The van der Waals surface area contributed by atoms with Crippen LogP contribution in [0.15, 0.2) is 36.4 Å². The van der Waals surface area contributed by atoms with Crippen molar-refractivity contribution >= 4 is 21.5 Å². The van der Waals surface area contributed by atoms with Gasteiger partial charge in [0.15, 0.2) is 0 Å². The molecule has 0 aliphatic heterocycles. The van der Waals surface area contributed by atoms with Crippen LogP contribution in [0.4, 0.5) is 0 Å². The monoisotopic (exact) mass is 378 g/mol. The lowest BCUT2D eigenvalue weighted by atomic mass is 9.97. The van der Waals surface area contributed by atoms with Gasteiger partial charge in [0.25, 0.3) is 0 Å². The number of unbranched alkanes of at least 4 members (excludes halogenated alkanes) is 4. The van der Waals surface area contributed by atoms with Gasteiger partial charge in [-0.25, -0.2) is 0 Å². The third-order valence-corrected chi connectivity index (χ3v) is 5.32. The zero-order chi connectivity index (χ0) is 19.9. The molecule has 0 radical (unpaired) electrons. The summed E-state index contributed by atoms with van der Waals surface area (Å²) in [4.78, 5) is 0. The minimum absolute atomic E-state index is 0.760. The van der Waals surface area contributed by atoms with Gasteiger partial charge in [0, 0.05) is 21.5 Å². The lowest BCUT2D eigenvalue weighted by Gasteiger charge is -2.19. The Labute approximate surface area is 169 Å². The van der Waals surface area contributed by atoms with E-state index in [1.807, 2.05) is 0 Å². The maximum Gasteiger partial charge on any atom is 0.135 e. The first-order valence-corrected chi connectivity index (χ1v) is 10.9. The molecule has 2 nitrogen and oxygen atoms in total. The zero-order valence-electron chi connectivity index (χ0n) is 17.9. The maximum atomic E-state index is 6.39. The average molecular weight is 379 g/mol. The number of rotatable bonds is 10.